The van der Waals surface area contributed by atoms with Gasteiger partial charge in [-0.3, -0.25) is 0 Å². The molecule has 6 aromatic rings. The van der Waals surface area contributed by atoms with E-state index in [9.17, 15) is 0 Å². The molecule has 0 aliphatic heterocycles. The number of rotatable bonds is 1. The van der Waals surface area contributed by atoms with E-state index in [-0.39, 0.29) is 0 Å². The fraction of sp³-hybridized carbons (Fsp3) is 0. The average Bonchev–Trinajstić information content (AvgIpc) is 3.09. The van der Waals surface area contributed by atoms with Crippen LogP contribution in [0.3, 0.4) is 0 Å². The summed E-state index contributed by atoms with van der Waals surface area (Å²) in [6.07, 6.45) is 0. The van der Waals surface area contributed by atoms with Gasteiger partial charge in [-0.05, 0) is 56.9 Å². The van der Waals surface area contributed by atoms with Crippen LogP contribution < -0.4 is 0 Å². The van der Waals surface area contributed by atoms with Crippen molar-refractivity contribution >= 4 is 55.1 Å². The molecule has 0 unspecified atom stereocenters. The molecule has 0 saturated carbocycles. The van der Waals surface area contributed by atoms with E-state index in [0.717, 1.165) is 38.1 Å². The van der Waals surface area contributed by atoms with Crippen molar-refractivity contribution in [2.75, 3.05) is 0 Å². The third-order valence-corrected chi connectivity index (χ3v) is 5.79. The Kier molecular flexibility index (Phi) is 3.29. The smallest absolute Gasteiger partial charge is 0.137 e. The summed E-state index contributed by atoms with van der Waals surface area (Å²) in [5.41, 5.74) is 3.91. The van der Waals surface area contributed by atoms with Crippen LogP contribution in [0.2, 0.25) is 5.02 Å². The molecule has 28 heavy (non-hydrogen) atoms. The molecule has 5 aromatic carbocycles. The molecule has 0 aliphatic carbocycles. The zero-order chi connectivity index (χ0) is 18.7. The Hall–Kier alpha value is -3.29. The monoisotopic (exact) mass is 378 g/mol. The fourth-order valence-corrected chi connectivity index (χ4v) is 4.49. The van der Waals surface area contributed by atoms with Crippen LogP contribution in [-0.4, -0.2) is 0 Å². The van der Waals surface area contributed by atoms with Crippen LogP contribution in [0.15, 0.2) is 95.4 Å². The van der Waals surface area contributed by atoms with Gasteiger partial charge in [-0.15, -0.1) is 0 Å². The maximum Gasteiger partial charge on any atom is 0.137 e. The summed E-state index contributed by atoms with van der Waals surface area (Å²) in [6.45, 7) is 0. The molecule has 0 saturated heterocycles. The Labute approximate surface area is 166 Å². The molecule has 0 fully saturated rings. The maximum atomic E-state index is 6.77. The summed E-state index contributed by atoms with van der Waals surface area (Å²) in [5.74, 6) is 0. The van der Waals surface area contributed by atoms with Crippen LogP contribution in [0.25, 0.3) is 54.6 Å². The predicted molar refractivity (Wildman–Crippen MR) is 119 cm³/mol. The Morgan fingerprint density at radius 2 is 1.29 bits per heavy atom. The van der Waals surface area contributed by atoms with Crippen molar-refractivity contribution in [3.8, 4) is 11.1 Å². The molecule has 1 heterocycles. The van der Waals surface area contributed by atoms with Crippen LogP contribution >= 0.6 is 11.6 Å². The van der Waals surface area contributed by atoms with Crippen molar-refractivity contribution in [3.05, 3.63) is 96.0 Å². The molecule has 0 atom stereocenters. The Bertz CT molecular complexity index is 1520. The third-order valence-electron chi connectivity index (χ3n) is 5.49. The van der Waals surface area contributed by atoms with Crippen LogP contribution in [0.4, 0.5) is 0 Å². The van der Waals surface area contributed by atoms with Crippen molar-refractivity contribution in [1.29, 1.82) is 0 Å². The van der Waals surface area contributed by atoms with Crippen molar-refractivity contribution in [1.82, 2.24) is 0 Å². The van der Waals surface area contributed by atoms with Gasteiger partial charge in [-0.25, -0.2) is 0 Å². The lowest BCUT2D eigenvalue weighted by atomic mass is 9.97. The van der Waals surface area contributed by atoms with Crippen molar-refractivity contribution in [3.63, 3.8) is 0 Å². The summed E-state index contributed by atoms with van der Waals surface area (Å²) in [4.78, 5) is 0. The van der Waals surface area contributed by atoms with Gasteiger partial charge in [0.25, 0.3) is 0 Å². The minimum absolute atomic E-state index is 0.717. The number of benzene rings is 5. The van der Waals surface area contributed by atoms with Crippen molar-refractivity contribution < 1.29 is 4.42 Å². The lowest BCUT2D eigenvalue weighted by Gasteiger charge is -2.08. The Morgan fingerprint density at radius 3 is 2.14 bits per heavy atom. The molecule has 132 valence electrons. The third kappa shape index (κ3) is 2.27. The van der Waals surface area contributed by atoms with Gasteiger partial charge in [-0.1, -0.05) is 78.3 Å². The maximum absolute atomic E-state index is 6.77. The first-order valence-electron chi connectivity index (χ1n) is 9.31. The van der Waals surface area contributed by atoms with E-state index in [1.54, 1.807) is 0 Å². The highest BCUT2D eigenvalue weighted by Gasteiger charge is 2.14. The van der Waals surface area contributed by atoms with E-state index in [2.05, 4.69) is 84.9 Å². The van der Waals surface area contributed by atoms with Gasteiger partial charge in [0, 0.05) is 10.8 Å². The number of furan rings is 1. The molecular weight excluding hydrogens is 364 g/mol. The second-order valence-electron chi connectivity index (χ2n) is 7.16. The van der Waals surface area contributed by atoms with Crippen molar-refractivity contribution in [2.45, 2.75) is 0 Å². The van der Waals surface area contributed by atoms with E-state index < -0.39 is 0 Å². The normalized spacial score (nSPS) is 11.8. The molecule has 0 N–H and O–H groups in total. The summed E-state index contributed by atoms with van der Waals surface area (Å²) < 4.78 is 6.23. The summed E-state index contributed by atoms with van der Waals surface area (Å²) in [5, 5.41) is 7.53. The van der Waals surface area contributed by atoms with Gasteiger partial charge in [0.1, 0.15) is 11.2 Å². The molecule has 1 aromatic heterocycles. The van der Waals surface area contributed by atoms with Crippen LogP contribution in [0, 0.1) is 0 Å². The zero-order valence-corrected chi connectivity index (χ0v) is 15.7. The quantitative estimate of drug-likeness (QED) is 0.281. The van der Waals surface area contributed by atoms with Crippen LogP contribution in [0.1, 0.15) is 0 Å². The highest BCUT2D eigenvalue weighted by molar-refractivity contribution is 6.38. The van der Waals surface area contributed by atoms with Gasteiger partial charge in [0.2, 0.25) is 0 Å². The summed E-state index contributed by atoms with van der Waals surface area (Å²) in [7, 11) is 0. The lowest BCUT2D eigenvalue weighted by molar-refractivity contribution is 0.669. The first-order chi connectivity index (χ1) is 13.8. The number of hydrogen-bond acceptors (Lipinski definition) is 1. The molecule has 6 rings (SSSR count). The zero-order valence-electron chi connectivity index (χ0n) is 14.9. The topological polar surface area (TPSA) is 13.1 Å². The predicted octanol–water partition coefficient (Wildman–Crippen LogP) is 8.21. The largest absolute Gasteiger partial charge is 0.456 e. The van der Waals surface area contributed by atoms with E-state index in [4.69, 9.17) is 16.0 Å². The standard InChI is InChI=1S/C26H15ClO/c27-23-13-19(21-11-5-9-16-6-3-4-10-20(16)21)15-25-26(23)22-12-17-7-1-2-8-18(17)14-24(22)28-25/h1-15H. The molecular formula is C26H15ClO. The van der Waals surface area contributed by atoms with Gasteiger partial charge < -0.3 is 4.42 Å². The van der Waals surface area contributed by atoms with Crippen molar-refractivity contribution in [2.24, 2.45) is 0 Å². The van der Waals surface area contributed by atoms with Crippen LogP contribution in [0.5, 0.6) is 0 Å². The van der Waals surface area contributed by atoms with Gasteiger partial charge in [-0.2, -0.15) is 0 Å². The van der Waals surface area contributed by atoms with Gasteiger partial charge in [0.15, 0.2) is 0 Å². The molecule has 1 nitrogen and oxygen atoms in total. The first kappa shape index (κ1) is 15.7. The second kappa shape index (κ2) is 5.85. The van der Waals surface area contributed by atoms with Crippen LogP contribution in [-0.2, 0) is 0 Å². The number of fused-ring (bicyclic) bond motifs is 5. The highest BCUT2D eigenvalue weighted by atomic mass is 35.5. The number of hydrogen-bond donors (Lipinski definition) is 0. The average molecular weight is 379 g/mol. The minimum atomic E-state index is 0.717. The molecule has 0 amide bonds. The second-order valence-corrected chi connectivity index (χ2v) is 7.56. The fourth-order valence-electron chi connectivity index (χ4n) is 4.17. The summed E-state index contributed by atoms with van der Waals surface area (Å²) >= 11 is 6.77. The Morgan fingerprint density at radius 1 is 0.571 bits per heavy atom. The van der Waals surface area contributed by atoms with Gasteiger partial charge in [0.05, 0.1) is 5.02 Å². The molecule has 2 heteroatoms. The molecule has 0 bridgehead atoms. The molecule has 0 radical (unpaired) electrons. The summed E-state index contributed by atoms with van der Waals surface area (Å²) in [6, 6.07) is 31.5. The molecule has 0 aliphatic rings. The minimum Gasteiger partial charge on any atom is -0.456 e. The lowest BCUT2D eigenvalue weighted by Crippen LogP contribution is -1.82. The van der Waals surface area contributed by atoms with E-state index >= 15 is 0 Å². The van der Waals surface area contributed by atoms with E-state index in [0.29, 0.717) is 0 Å². The van der Waals surface area contributed by atoms with Gasteiger partial charge >= 0.3 is 0 Å². The molecule has 0 spiro atoms. The first-order valence-corrected chi connectivity index (χ1v) is 9.68. The Balaban J connectivity index is 1.67. The van der Waals surface area contributed by atoms with E-state index in [1.165, 1.54) is 21.5 Å². The highest BCUT2D eigenvalue weighted by Crippen LogP contribution is 2.40. The SMILES string of the molecule is Clc1cc(-c2cccc3ccccc23)cc2oc3cc4ccccc4cc3c12. The van der Waals surface area contributed by atoms with E-state index in [1.807, 2.05) is 6.07 Å². The number of halogens is 1.